The van der Waals surface area contributed by atoms with Gasteiger partial charge in [0.1, 0.15) is 0 Å². The van der Waals surface area contributed by atoms with Crippen LogP contribution in [-0.4, -0.2) is 47.4 Å². The topological polar surface area (TPSA) is 95.9 Å². The first-order valence-corrected chi connectivity index (χ1v) is 9.32. The SMILES string of the molecule is CCNCCC1(c2cccc(C(F)(F)F)c2)CCOC(C)(C)C1.O=C(O)C(=O)O. The summed E-state index contributed by atoms with van der Waals surface area (Å²) in [5.74, 6) is -3.65. The van der Waals surface area contributed by atoms with Crippen molar-refractivity contribution in [3.05, 3.63) is 35.4 Å². The maximum atomic E-state index is 13.1. The Bertz CT molecular complexity index is 694. The summed E-state index contributed by atoms with van der Waals surface area (Å²) in [7, 11) is 0. The zero-order valence-corrected chi connectivity index (χ0v) is 16.8. The van der Waals surface area contributed by atoms with Crippen LogP contribution in [0.3, 0.4) is 0 Å². The van der Waals surface area contributed by atoms with E-state index in [2.05, 4.69) is 5.32 Å². The van der Waals surface area contributed by atoms with Gasteiger partial charge in [-0.3, -0.25) is 0 Å². The zero-order chi connectivity index (χ0) is 22.3. The third-order valence-electron chi connectivity index (χ3n) is 4.85. The van der Waals surface area contributed by atoms with Crippen molar-refractivity contribution in [3.8, 4) is 0 Å². The van der Waals surface area contributed by atoms with E-state index in [0.717, 1.165) is 44.0 Å². The minimum absolute atomic E-state index is 0.273. The molecule has 1 aliphatic rings. The number of carboxylic acid groups (broad SMARTS) is 2. The minimum Gasteiger partial charge on any atom is -0.473 e. The molecule has 1 unspecified atom stereocenters. The van der Waals surface area contributed by atoms with Gasteiger partial charge in [0, 0.05) is 12.0 Å². The molecule has 0 radical (unpaired) electrons. The van der Waals surface area contributed by atoms with E-state index in [0.29, 0.717) is 6.61 Å². The molecule has 164 valence electrons. The molecule has 0 amide bonds. The lowest BCUT2D eigenvalue weighted by Crippen LogP contribution is -2.45. The Morgan fingerprint density at radius 1 is 1.21 bits per heavy atom. The normalized spacial score (nSPS) is 21.0. The van der Waals surface area contributed by atoms with Crippen LogP contribution in [0, 0.1) is 0 Å². The summed E-state index contributed by atoms with van der Waals surface area (Å²) < 4.78 is 45.0. The fourth-order valence-corrected chi connectivity index (χ4v) is 3.61. The van der Waals surface area contributed by atoms with Crippen LogP contribution in [0.5, 0.6) is 0 Å². The van der Waals surface area contributed by atoms with E-state index in [4.69, 9.17) is 24.5 Å². The van der Waals surface area contributed by atoms with Gasteiger partial charge in [-0.15, -0.1) is 0 Å². The highest BCUT2D eigenvalue weighted by atomic mass is 19.4. The molecule has 29 heavy (non-hydrogen) atoms. The number of benzene rings is 1. The third-order valence-corrected chi connectivity index (χ3v) is 4.85. The second-order valence-corrected chi connectivity index (χ2v) is 7.61. The summed E-state index contributed by atoms with van der Waals surface area (Å²) in [6.45, 7) is 8.30. The lowest BCUT2D eigenvalue weighted by Gasteiger charge is -2.45. The molecule has 6 nitrogen and oxygen atoms in total. The van der Waals surface area contributed by atoms with Crippen LogP contribution in [0.2, 0.25) is 0 Å². The number of carbonyl (C=O) groups is 2. The Hall–Kier alpha value is -2.13. The predicted molar refractivity (Wildman–Crippen MR) is 101 cm³/mol. The summed E-state index contributed by atoms with van der Waals surface area (Å²) in [5.41, 5.74) is -0.382. The average molecular weight is 419 g/mol. The molecule has 1 saturated heterocycles. The predicted octanol–water partition coefficient (Wildman–Crippen LogP) is 3.69. The molecule has 1 aromatic rings. The molecule has 1 fully saturated rings. The zero-order valence-electron chi connectivity index (χ0n) is 16.8. The largest absolute Gasteiger partial charge is 0.473 e. The molecule has 0 aromatic heterocycles. The van der Waals surface area contributed by atoms with Crippen LogP contribution >= 0.6 is 0 Å². The van der Waals surface area contributed by atoms with Crippen LogP contribution in [-0.2, 0) is 25.9 Å². The number of halogens is 3. The first kappa shape index (κ1) is 24.9. The average Bonchev–Trinajstić information content (AvgIpc) is 2.61. The van der Waals surface area contributed by atoms with Crippen LogP contribution in [0.4, 0.5) is 13.2 Å². The van der Waals surface area contributed by atoms with Crippen molar-refractivity contribution in [2.24, 2.45) is 0 Å². The first-order valence-electron chi connectivity index (χ1n) is 9.32. The van der Waals surface area contributed by atoms with Crippen molar-refractivity contribution in [2.45, 2.75) is 57.2 Å². The lowest BCUT2D eigenvalue weighted by atomic mass is 9.67. The van der Waals surface area contributed by atoms with Gasteiger partial charge in [0.05, 0.1) is 11.2 Å². The Kier molecular flexibility index (Phi) is 8.65. The monoisotopic (exact) mass is 419 g/mol. The van der Waals surface area contributed by atoms with Gasteiger partial charge in [0.15, 0.2) is 0 Å². The molecule has 0 saturated carbocycles. The summed E-state index contributed by atoms with van der Waals surface area (Å²) >= 11 is 0. The smallest absolute Gasteiger partial charge is 0.416 e. The Morgan fingerprint density at radius 3 is 2.31 bits per heavy atom. The van der Waals surface area contributed by atoms with E-state index in [1.54, 1.807) is 0 Å². The molecule has 0 bridgehead atoms. The van der Waals surface area contributed by atoms with Crippen LogP contribution in [0.25, 0.3) is 0 Å². The molecule has 1 heterocycles. The Balaban J connectivity index is 0.000000612. The molecule has 0 spiro atoms. The van der Waals surface area contributed by atoms with E-state index in [1.165, 1.54) is 12.1 Å². The number of hydrogen-bond acceptors (Lipinski definition) is 4. The number of nitrogens with one attached hydrogen (secondary N) is 1. The second kappa shape index (κ2) is 10.1. The van der Waals surface area contributed by atoms with Gasteiger partial charge in [0.2, 0.25) is 0 Å². The minimum atomic E-state index is -4.31. The van der Waals surface area contributed by atoms with E-state index in [9.17, 15) is 13.2 Å². The number of rotatable bonds is 5. The van der Waals surface area contributed by atoms with Crippen molar-refractivity contribution in [1.29, 1.82) is 0 Å². The molecule has 2 rings (SSSR count). The molecular weight excluding hydrogens is 391 g/mol. The summed E-state index contributed by atoms with van der Waals surface area (Å²) in [5, 5.41) is 18.1. The summed E-state index contributed by atoms with van der Waals surface area (Å²) in [6, 6.07) is 5.83. The molecule has 0 aliphatic carbocycles. The summed E-state index contributed by atoms with van der Waals surface area (Å²) in [4.78, 5) is 18.2. The van der Waals surface area contributed by atoms with E-state index < -0.39 is 23.7 Å². The highest BCUT2D eigenvalue weighted by Gasteiger charge is 2.42. The van der Waals surface area contributed by atoms with Crippen molar-refractivity contribution in [2.75, 3.05) is 19.7 Å². The van der Waals surface area contributed by atoms with Gasteiger partial charge >= 0.3 is 18.1 Å². The standard InChI is InChI=1S/C18H26F3NO.C2H2O4/c1-4-22-10-8-17(9-11-23-16(2,3)13-17)14-6-5-7-15(12-14)18(19,20)21;3-1(4)2(5)6/h5-7,12,22H,4,8-11,13H2,1-3H3;(H,3,4)(H,5,6). The lowest BCUT2D eigenvalue weighted by molar-refractivity contribution is -0.159. The van der Waals surface area contributed by atoms with Gasteiger partial charge in [-0.25, -0.2) is 9.59 Å². The molecule has 3 N–H and O–H groups in total. The number of aliphatic carboxylic acids is 2. The van der Waals surface area contributed by atoms with Gasteiger partial charge in [-0.05, 0) is 57.8 Å². The number of ether oxygens (including phenoxy) is 1. The molecule has 1 aliphatic heterocycles. The number of hydrogen-bond donors (Lipinski definition) is 3. The fraction of sp³-hybridized carbons (Fsp3) is 0.600. The Morgan fingerprint density at radius 2 is 1.83 bits per heavy atom. The van der Waals surface area contributed by atoms with Crippen LogP contribution < -0.4 is 5.32 Å². The second-order valence-electron chi connectivity index (χ2n) is 7.61. The Labute approximate surface area is 168 Å². The van der Waals surface area contributed by atoms with Gasteiger partial charge in [-0.2, -0.15) is 13.2 Å². The van der Waals surface area contributed by atoms with Crippen molar-refractivity contribution >= 4 is 11.9 Å². The number of alkyl halides is 3. The maximum absolute atomic E-state index is 13.1. The molecule has 9 heteroatoms. The first-order chi connectivity index (χ1) is 13.3. The van der Waals surface area contributed by atoms with Gasteiger partial charge in [0.25, 0.3) is 0 Å². The highest BCUT2D eigenvalue weighted by molar-refractivity contribution is 6.27. The summed E-state index contributed by atoms with van der Waals surface area (Å²) in [6.07, 6.45) is -2.01. The van der Waals surface area contributed by atoms with Crippen molar-refractivity contribution in [1.82, 2.24) is 5.32 Å². The van der Waals surface area contributed by atoms with Gasteiger partial charge in [-0.1, -0.05) is 25.1 Å². The van der Waals surface area contributed by atoms with E-state index in [-0.39, 0.29) is 11.0 Å². The fourth-order valence-electron chi connectivity index (χ4n) is 3.61. The van der Waals surface area contributed by atoms with Gasteiger partial charge < -0.3 is 20.3 Å². The van der Waals surface area contributed by atoms with Crippen molar-refractivity contribution < 1.29 is 37.7 Å². The molecule has 1 aromatic carbocycles. The molecule has 1 atom stereocenters. The van der Waals surface area contributed by atoms with Crippen molar-refractivity contribution in [3.63, 3.8) is 0 Å². The number of carboxylic acids is 2. The van der Waals surface area contributed by atoms with E-state index >= 15 is 0 Å². The van der Waals surface area contributed by atoms with E-state index in [1.807, 2.05) is 26.8 Å². The van der Waals surface area contributed by atoms with Crippen LogP contribution in [0.1, 0.15) is 51.2 Å². The quantitative estimate of drug-likeness (QED) is 0.498. The highest BCUT2D eigenvalue weighted by Crippen LogP contribution is 2.45. The van der Waals surface area contributed by atoms with Crippen LogP contribution in [0.15, 0.2) is 24.3 Å². The molecular formula is C20H28F3NO5. The third kappa shape index (κ3) is 7.66. The maximum Gasteiger partial charge on any atom is 0.416 e.